The second kappa shape index (κ2) is 13.4. The SMILES string of the molecule is CCc1c([C@@H](c2ccccc2C)N2[C@@H]3COCCN3C(=O)c3c(OCOC(=O)OCCOC)c(=O)ccn32)ccc(F)c1F. The highest BCUT2D eigenvalue weighted by molar-refractivity contribution is 5.96. The summed E-state index contributed by atoms with van der Waals surface area (Å²) in [6, 6.07) is 10.6. The van der Waals surface area contributed by atoms with Crippen LogP contribution in [0.1, 0.15) is 45.7 Å². The quantitative estimate of drug-likeness (QED) is 0.192. The Morgan fingerprint density at radius 3 is 2.61 bits per heavy atom. The van der Waals surface area contributed by atoms with Gasteiger partial charge in [-0.3, -0.25) is 19.3 Å². The van der Waals surface area contributed by atoms with Gasteiger partial charge in [-0.05, 0) is 41.7 Å². The molecule has 1 aromatic heterocycles. The van der Waals surface area contributed by atoms with Gasteiger partial charge in [-0.25, -0.2) is 13.6 Å². The molecular weight excluding hydrogens is 580 g/mol. The average molecular weight is 614 g/mol. The van der Waals surface area contributed by atoms with Crippen LogP contribution in [0.25, 0.3) is 0 Å². The molecule has 2 atom stereocenters. The van der Waals surface area contributed by atoms with Crippen molar-refractivity contribution >= 4 is 12.1 Å². The smallest absolute Gasteiger partial charge is 0.451 e. The van der Waals surface area contributed by atoms with Crippen molar-refractivity contribution in [1.29, 1.82) is 0 Å². The second-order valence-corrected chi connectivity index (χ2v) is 10.2. The zero-order valence-electron chi connectivity index (χ0n) is 24.6. The molecule has 0 saturated carbocycles. The third-order valence-corrected chi connectivity index (χ3v) is 7.67. The Kier molecular flexibility index (Phi) is 9.45. The van der Waals surface area contributed by atoms with Gasteiger partial charge in [-0.15, -0.1) is 0 Å². The number of nitrogens with zero attached hydrogens (tertiary/aromatic N) is 3. The van der Waals surface area contributed by atoms with Crippen molar-refractivity contribution in [3.05, 3.63) is 98.5 Å². The van der Waals surface area contributed by atoms with Gasteiger partial charge in [-0.2, -0.15) is 0 Å². The number of hydrogen-bond donors (Lipinski definition) is 0. The standard InChI is InChI=1S/C31H33F2N3O8/c1-4-20-22(9-10-23(32)26(20)33)27(21-8-6-5-7-19(21)2)36-25-17-41-14-13-34(25)30(38)28-29(24(37)11-12-35(28)36)43-18-44-31(39)42-16-15-40-3/h5-12,25,27H,4,13-18H2,1-3H3/t25-,27-/m1/s1. The first-order valence-electron chi connectivity index (χ1n) is 14.1. The van der Waals surface area contributed by atoms with E-state index >= 15 is 4.39 Å². The van der Waals surface area contributed by atoms with Gasteiger partial charge in [0.2, 0.25) is 18.0 Å². The summed E-state index contributed by atoms with van der Waals surface area (Å²) in [5.41, 5.74) is 1.55. The van der Waals surface area contributed by atoms with Gasteiger partial charge >= 0.3 is 6.16 Å². The molecule has 11 nitrogen and oxygen atoms in total. The van der Waals surface area contributed by atoms with Gasteiger partial charge in [0.05, 0.1) is 25.9 Å². The number of fused-ring (bicyclic) bond motifs is 2. The third-order valence-electron chi connectivity index (χ3n) is 7.67. The molecule has 13 heteroatoms. The highest BCUT2D eigenvalue weighted by Crippen LogP contribution is 2.39. The molecule has 0 spiro atoms. The van der Waals surface area contributed by atoms with Gasteiger partial charge in [0.25, 0.3) is 5.91 Å². The van der Waals surface area contributed by atoms with Gasteiger partial charge in [0.15, 0.2) is 17.3 Å². The number of ether oxygens (including phenoxy) is 5. The Balaban J connectivity index is 1.66. The molecular formula is C31H33F2N3O8. The lowest BCUT2D eigenvalue weighted by atomic mass is 9.89. The Morgan fingerprint density at radius 2 is 1.86 bits per heavy atom. The summed E-state index contributed by atoms with van der Waals surface area (Å²) >= 11 is 0. The van der Waals surface area contributed by atoms with Crippen LogP contribution in [-0.2, 0) is 25.4 Å². The van der Waals surface area contributed by atoms with Crippen molar-refractivity contribution in [2.75, 3.05) is 51.9 Å². The van der Waals surface area contributed by atoms with Crippen LogP contribution >= 0.6 is 0 Å². The van der Waals surface area contributed by atoms with E-state index in [1.807, 2.05) is 36.2 Å². The molecule has 3 aromatic rings. The van der Waals surface area contributed by atoms with E-state index in [4.69, 9.17) is 23.7 Å². The fourth-order valence-corrected chi connectivity index (χ4v) is 5.61. The van der Waals surface area contributed by atoms with Crippen LogP contribution < -0.4 is 15.2 Å². The average Bonchev–Trinajstić information content (AvgIpc) is 3.02. The van der Waals surface area contributed by atoms with Crippen LogP contribution in [0, 0.1) is 18.6 Å². The van der Waals surface area contributed by atoms with Crippen LogP contribution in [0.15, 0.2) is 53.5 Å². The van der Waals surface area contributed by atoms with E-state index in [2.05, 4.69) is 0 Å². The fourth-order valence-electron chi connectivity index (χ4n) is 5.61. The molecule has 1 fully saturated rings. The molecule has 2 aliphatic rings. The van der Waals surface area contributed by atoms with Crippen molar-refractivity contribution < 1.29 is 42.1 Å². The number of methoxy groups -OCH3 is 1. The zero-order valence-corrected chi connectivity index (χ0v) is 24.6. The number of carbonyl (C=O) groups is 2. The monoisotopic (exact) mass is 613 g/mol. The number of rotatable bonds is 10. The first-order valence-corrected chi connectivity index (χ1v) is 14.1. The lowest BCUT2D eigenvalue weighted by Crippen LogP contribution is -2.66. The second-order valence-electron chi connectivity index (χ2n) is 10.2. The van der Waals surface area contributed by atoms with Crippen LogP contribution in [0.5, 0.6) is 5.75 Å². The Labute approximate surface area is 252 Å². The molecule has 0 aliphatic carbocycles. The van der Waals surface area contributed by atoms with E-state index < -0.39 is 48.1 Å². The van der Waals surface area contributed by atoms with Crippen molar-refractivity contribution in [3.63, 3.8) is 0 Å². The van der Waals surface area contributed by atoms with Crippen molar-refractivity contribution in [1.82, 2.24) is 9.58 Å². The topological polar surface area (TPSA) is 109 Å². The highest BCUT2D eigenvalue weighted by atomic mass is 19.2. The number of halogens is 2. The van der Waals surface area contributed by atoms with E-state index in [0.29, 0.717) is 5.56 Å². The number of morpholine rings is 1. The minimum absolute atomic E-state index is 0.0470. The van der Waals surface area contributed by atoms with E-state index in [-0.39, 0.29) is 56.4 Å². The molecule has 234 valence electrons. The number of pyridine rings is 1. The number of hydrogen-bond acceptors (Lipinski definition) is 9. The molecule has 3 heterocycles. The Bertz CT molecular complexity index is 1600. The minimum atomic E-state index is -1.04. The molecule has 2 aliphatic heterocycles. The van der Waals surface area contributed by atoms with Gasteiger partial charge in [0.1, 0.15) is 12.8 Å². The Morgan fingerprint density at radius 1 is 1.07 bits per heavy atom. The largest absolute Gasteiger partial charge is 0.511 e. The normalized spacial score (nSPS) is 16.7. The summed E-state index contributed by atoms with van der Waals surface area (Å²) in [6.45, 7) is 3.61. The molecule has 0 radical (unpaired) electrons. The summed E-state index contributed by atoms with van der Waals surface area (Å²) in [7, 11) is 1.45. The number of aromatic nitrogens is 1. The van der Waals surface area contributed by atoms with Crippen LogP contribution in [0.4, 0.5) is 13.6 Å². The predicted molar refractivity (Wildman–Crippen MR) is 153 cm³/mol. The number of amides is 1. The predicted octanol–water partition coefficient (Wildman–Crippen LogP) is 3.67. The molecule has 0 unspecified atom stereocenters. The molecule has 0 bridgehead atoms. The summed E-state index contributed by atoms with van der Waals surface area (Å²) in [4.78, 5) is 40.6. The summed E-state index contributed by atoms with van der Waals surface area (Å²) < 4.78 is 57.3. The molecule has 2 aromatic carbocycles. The molecule has 0 N–H and O–H groups in total. The van der Waals surface area contributed by atoms with E-state index in [9.17, 15) is 18.8 Å². The van der Waals surface area contributed by atoms with Crippen molar-refractivity contribution in [3.8, 4) is 5.75 Å². The maximum atomic E-state index is 15.3. The molecule has 1 saturated heterocycles. The lowest BCUT2D eigenvalue weighted by Gasteiger charge is -2.51. The van der Waals surface area contributed by atoms with E-state index in [0.717, 1.165) is 17.2 Å². The van der Waals surface area contributed by atoms with E-state index in [1.165, 1.54) is 24.0 Å². The fraction of sp³-hybridized carbons (Fsp3) is 0.387. The van der Waals surface area contributed by atoms with Gasteiger partial charge in [-0.1, -0.05) is 37.3 Å². The van der Waals surface area contributed by atoms with E-state index in [1.54, 1.807) is 17.9 Å². The first kappa shape index (κ1) is 31.0. The van der Waals surface area contributed by atoms with Crippen LogP contribution in [-0.4, -0.2) is 74.7 Å². The number of carbonyl (C=O) groups excluding carboxylic acids is 2. The lowest BCUT2D eigenvalue weighted by molar-refractivity contribution is -0.0216. The molecule has 5 rings (SSSR count). The maximum absolute atomic E-state index is 15.3. The minimum Gasteiger partial charge on any atom is -0.451 e. The van der Waals surface area contributed by atoms with Crippen molar-refractivity contribution in [2.45, 2.75) is 32.5 Å². The first-order chi connectivity index (χ1) is 21.3. The third kappa shape index (κ3) is 5.84. The summed E-state index contributed by atoms with van der Waals surface area (Å²) in [5, 5.41) is 1.82. The highest BCUT2D eigenvalue weighted by Gasteiger charge is 2.45. The van der Waals surface area contributed by atoms with Crippen LogP contribution in [0.2, 0.25) is 0 Å². The summed E-state index contributed by atoms with van der Waals surface area (Å²) in [5.74, 6) is -2.77. The molecule has 44 heavy (non-hydrogen) atoms. The van der Waals surface area contributed by atoms with Crippen molar-refractivity contribution in [2.24, 2.45) is 0 Å². The zero-order chi connectivity index (χ0) is 31.4. The summed E-state index contributed by atoms with van der Waals surface area (Å²) in [6.07, 6.45) is -0.0978. The van der Waals surface area contributed by atoms with Gasteiger partial charge < -0.3 is 28.6 Å². The molecule has 1 amide bonds. The number of benzene rings is 2. The Hall–Kier alpha value is -4.49. The maximum Gasteiger partial charge on any atom is 0.511 e. The van der Waals surface area contributed by atoms with Crippen LogP contribution in [0.3, 0.4) is 0 Å². The van der Waals surface area contributed by atoms with Gasteiger partial charge in [0, 0.05) is 25.9 Å². The number of aryl methyl sites for hydroxylation is 1.